The number of hydrogen-bond acceptors (Lipinski definition) is 6. The summed E-state index contributed by atoms with van der Waals surface area (Å²) in [5.74, 6) is 1.43. The van der Waals surface area contributed by atoms with E-state index in [1.807, 2.05) is 13.8 Å². The van der Waals surface area contributed by atoms with Crippen LogP contribution >= 0.6 is 11.6 Å². The second kappa shape index (κ2) is 5.75. The van der Waals surface area contributed by atoms with Crippen LogP contribution in [0.25, 0.3) is 5.52 Å². The fourth-order valence-corrected chi connectivity index (χ4v) is 2.58. The highest BCUT2D eigenvalue weighted by atomic mass is 35.5. The number of hydrogen-bond donors (Lipinski definition) is 2. The Morgan fingerprint density at radius 3 is 3.05 bits per heavy atom. The number of aliphatic hydroxyl groups is 1. The average molecular weight is 312 g/mol. The van der Waals surface area contributed by atoms with Gasteiger partial charge in [-0.3, -0.25) is 0 Å². The van der Waals surface area contributed by atoms with E-state index >= 15 is 0 Å². The lowest BCUT2D eigenvalue weighted by Gasteiger charge is -2.28. The van der Waals surface area contributed by atoms with Gasteiger partial charge in [0.05, 0.1) is 24.9 Å². The molecule has 0 unspecified atom stereocenters. The Balaban J connectivity index is 1.91. The Morgan fingerprint density at radius 2 is 2.33 bits per heavy atom. The van der Waals surface area contributed by atoms with Gasteiger partial charge in [0, 0.05) is 12.5 Å². The highest BCUT2D eigenvalue weighted by molar-refractivity contribution is 6.32. The summed E-state index contributed by atoms with van der Waals surface area (Å²) in [4.78, 5) is 8.57. The molecule has 2 aromatic heterocycles. The van der Waals surface area contributed by atoms with E-state index in [-0.39, 0.29) is 12.0 Å². The number of anilines is 1. The van der Waals surface area contributed by atoms with E-state index < -0.39 is 6.10 Å². The summed E-state index contributed by atoms with van der Waals surface area (Å²) >= 11 is 6.10. The third-order valence-electron chi connectivity index (χ3n) is 3.53. The van der Waals surface area contributed by atoms with E-state index in [1.54, 1.807) is 10.7 Å². The van der Waals surface area contributed by atoms with E-state index in [4.69, 9.17) is 16.3 Å². The third-order valence-corrected chi connectivity index (χ3v) is 3.81. The van der Waals surface area contributed by atoms with Gasteiger partial charge in [-0.25, -0.2) is 14.5 Å². The van der Waals surface area contributed by atoms with Gasteiger partial charge >= 0.3 is 0 Å². The number of halogens is 1. The van der Waals surface area contributed by atoms with Gasteiger partial charge in [0.1, 0.15) is 11.3 Å². The molecule has 0 saturated carbocycles. The molecule has 0 spiro atoms. The predicted molar refractivity (Wildman–Crippen MR) is 78.7 cm³/mol. The van der Waals surface area contributed by atoms with E-state index in [0.29, 0.717) is 36.3 Å². The van der Waals surface area contributed by atoms with E-state index in [0.717, 1.165) is 5.82 Å². The maximum Gasteiger partial charge on any atom is 0.241 e. The molecule has 7 nitrogen and oxygen atoms in total. The molecule has 2 atom stereocenters. The van der Waals surface area contributed by atoms with Gasteiger partial charge in [0.15, 0.2) is 5.15 Å². The second-order valence-corrected chi connectivity index (χ2v) is 5.83. The van der Waals surface area contributed by atoms with Crippen LogP contribution in [-0.2, 0) is 4.74 Å². The molecule has 1 fully saturated rings. The maximum atomic E-state index is 9.91. The highest BCUT2D eigenvalue weighted by Gasteiger charge is 2.24. The van der Waals surface area contributed by atoms with Crippen LogP contribution in [0.1, 0.15) is 32.0 Å². The first-order valence-corrected chi connectivity index (χ1v) is 7.37. The minimum atomic E-state index is -0.561. The zero-order valence-electron chi connectivity index (χ0n) is 12.0. The van der Waals surface area contributed by atoms with Crippen molar-refractivity contribution in [2.75, 3.05) is 18.5 Å². The normalized spacial score (nSPS) is 22.9. The van der Waals surface area contributed by atoms with Crippen LogP contribution in [0.3, 0.4) is 0 Å². The number of nitrogens with one attached hydrogen (secondary N) is 1. The fraction of sp³-hybridized carbons (Fsp3) is 0.615. The monoisotopic (exact) mass is 311 g/mol. The van der Waals surface area contributed by atoms with Crippen molar-refractivity contribution in [2.24, 2.45) is 0 Å². The molecular weight excluding hydrogens is 294 g/mol. The smallest absolute Gasteiger partial charge is 0.241 e. The van der Waals surface area contributed by atoms with Gasteiger partial charge < -0.3 is 15.2 Å². The summed E-state index contributed by atoms with van der Waals surface area (Å²) in [5, 5.41) is 17.9. The zero-order chi connectivity index (χ0) is 15.0. The van der Waals surface area contributed by atoms with Gasteiger partial charge in [0.25, 0.3) is 0 Å². The molecule has 0 radical (unpaired) electrons. The molecule has 2 N–H and O–H groups in total. The molecule has 1 saturated heterocycles. The van der Waals surface area contributed by atoms with Crippen molar-refractivity contribution in [2.45, 2.75) is 38.3 Å². The quantitative estimate of drug-likeness (QED) is 0.893. The first-order chi connectivity index (χ1) is 10.1. The van der Waals surface area contributed by atoms with Crippen LogP contribution in [0.2, 0.25) is 5.15 Å². The van der Waals surface area contributed by atoms with Gasteiger partial charge in [-0.15, -0.1) is 5.10 Å². The molecule has 3 heterocycles. The standard InChI is InChI=1S/C13H18ClN5O2/c1-7(2)12-17-11(14)9-5-15-13(18-19(9)12)16-8-3-4-21-6-10(8)20/h5,7-8,10,20H,3-4,6H2,1-2H3,(H,16,18)/t8-,10-/m1/s1. The van der Waals surface area contributed by atoms with Gasteiger partial charge in [0.2, 0.25) is 5.95 Å². The number of aromatic nitrogens is 4. The van der Waals surface area contributed by atoms with Crippen molar-refractivity contribution in [1.29, 1.82) is 0 Å². The summed E-state index contributed by atoms with van der Waals surface area (Å²) < 4.78 is 6.91. The maximum absolute atomic E-state index is 9.91. The number of ether oxygens (including phenoxy) is 1. The van der Waals surface area contributed by atoms with Gasteiger partial charge in [-0.1, -0.05) is 25.4 Å². The summed E-state index contributed by atoms with van der Waals surface area (Å²) in [5.41, 5.74) is 0.679. The number of nitrogens with zero attached hydrogens (tertiary/aromatic N) is 4. The first-order valence-electron chi connectivity index (χ1n) is 6.99. The van der Waals surface area contributed by atoms with Crippen LogP contribution < -0.4 is 5.32 Å². The van der Waals surface area contributed by atoms with Crippen molar-refractivity contribution in [3.05, 3.63) is 17.2 Å². The molecule has 0 bridgehead atoms. The molecule has 2 aromatic rings. The Kier molecular flexibility index (Phi) is 3.97. The summed E-state index contributed by atoms with van der Waals surface area (Å²) in [6.45, 7) is 5.00. The molecule has 0 amide bonds. The van der Waals surface area contributed by atoms with Crippen LogP contribution in [0.15, 0.2) is 6.20 Å². The zero-order valence-corrected chi connectivity index (χ0v) is 12.7. The SMILES string of the molecule is CC(C)c1nc(Cl)c2cnc(N[C@@H]3CCOC[C@H]3O)nn12. The molecule has 114 valence electrons. The van der Waals surface area contributed by atoms with Crippen LogP contribution in [0, 0.1) is 0 Å². The van der Waals surface area contributed by atoms with E-state index in [9.17, 15) is 5.11 Å². The summed E-state index contributed by atoms with van der Waals surface area (Å²) in [7, 11) is 0. The number of rotatable bonds is 3. The molecular formula is C13H18ClN5O2. The number of imidazole rings is 1. The average Bonchev–Trinajstić information content (AvgIpc) is 2.79. The van der Waals surface area contributed by atoms with Crippen molar-refractivity contribution >= 4 is 23.1 Å². The van der Waals surface area contributed by atoms with Crippen LogP contribution in [0.4, 0.5) is 5.95 Å². The lowest BCUT2D eigenvalue weighted by Crippen LogP contribution is -2.42. The first kappa shape index (κ1) is 14.5. The highest BCUT2D eigenvalue weighted by Crippen LogP contribution is 2.22. The molecule has 8 heteroatoms. The van der Waals surface area contributed by atoms with Gasteiger partial charge in [-0.2, -0.15) is 0 Å². The van der Waals surface area contributed by atoms with Crippen molar-refractivity contribution in [3.63, 3.8) is 0 Å². The lowest BCUT2D eigenvalue weighted by molar-refractivity contribution is -0.0136. The lowest BCUT2D eigenvalue weighted by atomic mass is 10.1. The minimum absolute atomic E-state index is 0.113. The fourth-order valence-electron chi connectivity index (χ4n) is 2.37. The Hall–Kier alpha value is -1.44. The number of aliphatic hydroxyl groups excluding tert-OH is 1. The number of fused-ring (bicyclic) bond motifs is 1. The molecule has 0 aliphatic carbocycles. The van der Waals surface area contributed by atoms with Crippen molar-refractivity contribution < 1.29 is 9.84 Å². The van der Waals surface area contributed by atoms with Crippen molar-refractivity contribution in [1.82, 2.24) is 19.6 Å². The van der Waals surface area contributed by atoms with E-state index in [1.165, 1.54) is 0 Å². The topological polar surface area (TPSA) is 84.6 Å². The largest absolute Gasteiger partial charge is 0.389 e. The van der Waals surface area contributed by atoms with Crippen LogP contribution in [0.5, 0.6) is 0 Å². The Morgan fingerprint density at radius 1 is 1.52 bits per heavy atom. The Labute approximate surface area is 127 Å². The minimum Gasteiger partial charge on any atom is -0.389 e. The molecule has 1 aliphatic heterocycles. The summed E-state index contributed by atoms with van der Waals surface area (Å²) in [6, 6.07) is -0.113. The van der Waals surface area contributed by atoms with Crippen molar-refractivity contribution in [3.8, 4) is 0 Å². The summed E-state index contributed by atoms with van der Waals surface area (Å²) in [6.07, 6.45) is 1.79. The van der Waals surface area contributed by atoms with E-state index in [2.05, 4.69) is 20.4 Å². The Bertz CT molecular complexity index is 645. The molecule has 21 heavy (non-hydrogen) atoms. The molecule has 0 aromatic carbocycles. The van der Waals surface area contributed by atoms with Crippen LogP contribution in [-0.4, -0.2) is 50.0 Å². The molecule has 1 aliphatic rings. The second-order valence-electron chi connectivity index (χ2n) is 5.48. The van der Waals surface area contributed by atoms with Gasteiger partial charge in [-0.05, 0) is 6.42 Å². The third kappa shape index (κ3) is 2.81. The predicted octanol–water partition coefficient (Wildman–Crippen LogP) is 1.46. The molecule has 3 rings (SSSR count).